The van der Waals surface area contributed by atoms with Crippen LogP contribution in [0.25, 0.3) is 0 Å². The molecule has 0 aliphatic carbocycles. The maximum atomic E-state index is 12.0. The third-order valence-corrected chi connectivity index (χ3v) is 4.75. The van der Waals surface area contributed by atoms with Gasteiger partial charge in [-0.05, 0) is 49.1 Å². The molecule has 0 saturated heterocycles. The fraction of sp³-hybridized carbons (Fsp3) is 0.562. The van der Waals surface area contributed by atoms with Crippen LogP contribution in [0.4, 0.5) is 0 Å². The number of benzene rings is 1. The number of hydrogen-bond acceptors (Lipinski definition) is 3. The lowest BCUT2D eigenvalue weighted by Crippen LogP contribution is -2.25. The second-order valence-electron chi connectivity index (χ2n) is 6.53. The van der Waals surface area contributed by atoms with Crippen LogP contribution in [-0.2, 0) is 17.2 Å². The lowest BCUT2D eigenvalue weighted by molar-refractivity contribution is 0.0526. The Balaban J connectivity index is 2.41. The normalized spacial score (nSPS) is 14.4. The van der Waals surface area contributed by atoms with Gasteiger partial charge >= 0.3 is 5.97 Å². The molecule has 0 saturated carbocycles. The largest absolute Gasteiger partial charge is 0.493 e. The molecule has 0 radical (unpaired) electrons. The van der Waals surface area contributed by atoms with Crippen LogP contribution in [0.5, 0.6) is 5.75 Å². The summed E-state index contributed by atoms with van der Waals surface area (Å²) in [5, 5.41) is 0. The molecule has 2 rings (SSSR count). The number of carbonyl (C=O) groups excluding carboxylic acids is 1. The molecule has 0 fully saturated rings. The van der Waals surface area contributed by atoms with Crippen LogP contribution in [-0.4, -0.2) is 27.3 Å². The summed E-state index contributed by atoms with van der Waals surface area (Å²) in [6.45, 7) is 10.0. The van der Waals surface area contributed by atoms with Crippen LogP contribution in [0.3, 0.4) is 0 Å². The standard InChI is InChI=1S/C16H24O3Si/c1-5-18-16(17)13-9-12-7-6-8-19-15(12)14(10-13)11-20(2,3)4/h9-10H,5-8,11H2,1-4H3. The summed E-state index contributed by atoms with van der Waals surface area (Å²) in [7, 11) is -1.27. The topological polar surface area (TPSA) is 35.5 Å². The maximum Gasteiger partial charge on any atom is 0.338 e. The molecule has 0 bridgehead atoms. The molecule has 1 aliphatic heterocycles. The molecule has 4 heteroatoms. The summed E-state index contributed by atoms with van der Waals surface area (Å²) in [5.74, 6) is 0.796. The second-order valence-corrected chi connectivity index (χ2v) is 12.0. The SMILES string of the molecule is CCOC(=O)c1cc2c(c(C[Si](C)(C)C)c1)OCCC2. The predicted octanol–water partition coefficient (Wildman–Crippen LogP) is 3.61. The van der Waals surface area contributed by atoms with Crippen LogP contribution in [0.2, 0.25) is 19.6 Å². The Labute approximate surface area is 122 Å². The van der Waals surface area contributed by atoms with E-state index in [0.717, 1.165) is 36.8 Å². The molecule has 110 valence electrons. The zero-order valence-corrected chi connectivity index (χ0v) is 13.9. The van der Waals surface area contributed by atoms with E-state index in [1.165, 1.54) is 5.56 Å². The smallest absolute Gasteiger partial charge is 0.338 e. The minimum absolute atomic E-state index is 0.224. The van der Waals surface area contributed by atoms with Gasteiger partial charge in [0.2, 0.25) is 0 Å². The Morgan fingerprint density at radius 1 is 1.35 bits per heavy atom. The van der Waals surface area contributed by atoms with Gasteiger partial charge in [0.25, 0.3) is 0 Å². The zero-order valence-electron chi connectivity index (χ0n) is 12.9. The van der Waals surface area contributed by atoms with Gasteiger partial charge in [0.15, 0.2) is 0 Å². The van der Waals surface area contributed by atoms with E-state index in [9.17, 15) is 4.79 Å². The first kappa shape index (κ1) is 15.1. The van der Waals surface area contributed by atoms with Crippen molar-refractivity contribution in [2.24, 2.45) is 0 Å². The van der Waals surface area contributed by atoms with E-state index in [0.29, 0.717) is 12.2 Å². The first-order valence-electron chi connectivity index (χ1n) is 7.36. The van der Waals surface area contributed by atoms with Crippen molar-refractivity contribution in [2.75, 3.05) is 13.2 Å². The molecule has 0 spiro atoms. The van der Waals surface area contributed by atoms with Crippen LogP contribution >= 0.6 is 0 Å². The van der Waals surface area contributed by atoms with Crippen molar-refractivity contribution in [2.45, 2.75) is 45.5 Å². The van der Waals surface area contributed by atoms with Gasteiger partial charge in [0, 0.05) is 8.07 Å². The van der Waals surface area contributed by atoms with E-state index in [-0.39, 0.29) is 5.97 Å². The van der Waals surface area contributed by atoms with Crippen molar-refractivity contribution in [1.29, 1.82) is 0 Å². The van der Waals surface area contributed by atoms with Crippen LogP contribution in [0, 0.1) is 0 Å². The Morgan fingerprint density at radius 3 is 2.75 bits per heavy atom. The van der Waals surface area contributed by atoms with Crippen LogP contribution < -0.4 is 4.74 Å². The van der Waals surface area contributed by atoms with Gasteiger partial charge in [-0.3, -0.25) is 0 Å². The van der Waals surface area contributed by atoms with Crippen molar-refractivity contribution in [3.8, 4) is 5.75 Å². The number of fused-ring (bicyclic) bond motifs is 1. The molecule has 1 aromatic carbocycles. The lowest BCUT2D eigenvalue weighted by atomic mass is 9.99. The average molecular weight is 292 g/mol. The summed E-state index contributed by atoms with van der Waals surface area (Å²) in [6.07, 6.45) is 2.01. The Bertz CT molecular complexity index is 503. The highest BCUT2D eigenvalue weighted by molar-refractivity contribution is 6.75. The summed E-state index contributed by atoms with van der Waals surface area (Å²) in [6, 6.07) is 4.95. The maximum absolute atomic E-state index is 12.0. The molecule has 1 aromatic rings. The quantitative estimate of drug-likeness (QED) is 0.628. The van der Waals surface area contributed by atoms with E-state index in [4.69, 9.17) is 9.47 Å². The second kappa shape index (κ2) is 6.00. The minimum atomic E-state index is -1.27. The summed E-state index contributed by atoms with van der Waals surface area (Å²) >= 11 is 0. The van der Waals surface area contributed by atoms with Crippen molar-refractivity contribution in [3.63, 3.8) is 0 Å². The fourth-order valence-corrected chi connectivity index (χ4v) is 4.00. The van der Waals surface area contributed by atoms with Crippen molar-refractivity contribution < 1.29 is 14.3 Å². The van der Waals surface area contributed by atoms with E-state index in [2.05, 4.69) is 19.6 Å². The first-order chi connectivity index (χ1) is 9.40. The highest BCUT2D eigenvalue weighted by Crippen LogP contribution is 2.32. The van der Waals surface area contributed by atoms with Crippen molar-refractivity contribution >= 4 is 14.0 Å². The average Bonchev–Trinajstić information content (AvgIpc) is 2.37. The molecule has 0 N–H and O–H groups in total. The Hall–Kier alpha value is -1.29. The predicted molar refractivity (Wildman–Crippen MR) is 83.3 cm³/mol. The third-order valence-electron chi connectivity index (χ3n) is 3.31. The van der Waals surface area contributed by atoms with Crippen LogP contribution in [0.1, 0.15) is 34.8 Å². The van der Waals surface area contributed by atoms with Gasteiger partial charge in [-0.15, -0.1) is 0 Å². The van der Waals surface area contributed by atoms with Gasteiger partial charge < -0.3 is 9.47 Å². The number of ether oxygens (including phenoxy) is 2. The number of rotatable bonds is 4. The van der Waals surface area contributed by atoms with E-state index in [1.54, 1.807) is 0 Å². The monoisotopic (exact) mass is 292 g/mol. The summed E-state index contributed by atoms with van der Waals surface area (Å²) in [4.78, 5) is 12.0. The molecular formula is C16H24O3Si. The highest BCUT2D eigenvalue weighted by atomic mass is 28.3. The fourth-order valence-electron chi connectivity index (χ4n) is 2.60. The van der Waals surface area contributed by atoms with Crippen molar-refractivity contribution in [3.05, 3.63) is 28.8 Å². The molecule has 3 nitrogen and oxygen atoms in total. The highest BCUT2D eigenvalue weighted by Gasteiger charge is 2.23. The Morgan fingerprint density at radius 2 is 2.10 bits per heavy atom. The van der Waals surface area contributed by atoms with Gasteiger partial charge in [-0.1, -0.05) is 19.6 Å². The third kappa shape index (κ3) is 3.63. The van der Waals surface area contributed by atoms with Crippen LogP contribution in [0.15, 0.2) is 12.1 Å². The van der Waals surface area contributed by atoms with Gasteiger partial charge in [-0.2, -0.15) is 0 Å². The molecule has 0 unspecified atom stereocenters. The molecular weight excluding hydrogens is 268 g/mol. The van der Waals surface area contributed by atoms with E-state index < -0.39 is 8.07 Å². The summed E-state index contributed by atoms with van der Waals surface area (Å²) in [5.41, 5.74) is 3.02. The number of hydrogen-bond donors (Lipinski definition) is 0. The zero-order chi connectivity index (χ0) is 14.8. The van der Waals surface area contributed by atoms with Crippen molar-refractivity contribution in [1.82, 2.24) is 0 Å². The van der Waals surface area contributed by atoms with Gasteiger partial charge in [-0.25, -0.2) is 4.79 Å². The summed E-state index contributed by atoms with van der Waals surface area (Å²) < 4.78 is 11.0. The molecule has 1 heterocycles. The number of aryl methyl sites for hydroxylation is 1. The Kier molecular flexibility index (Phi) is 4.53. The number of esters is 1. The molecule has 0 atom stereocenters. The molecule has 1 aliphatic rings. The van der Waals surface area contributed by atoms with Gasteiger partial charge in [0.05, 0.1) is 18.8 Å². The lowest BCUT2D eigenvalue weighted by Gasteiger charge is -2.24. The molecule has 0 amide bonds. The number of carbonyl (C=O) groups is 1. The van der Waals surface area contributed by atoms with E-state index in [1.807, 2.05) is 19.1 Å². The minimum Gasteiger partial charge on any atom is -0.493 e. The molecule has 0 aromatic heterocycles. The van der Waals surface area contributed by atoms with Gasteiger partial charge in [0.1, 0.15) is 5.75 Å². The first-order valence-corrected chi connectivity index (χ1v) is 11.1. The van der Waals surface area contributed by atoms with E-state index >= 15 is 0 Å². The molecule has 20 heavy (non-hydrogen) atoms.